The Morgan fingerprint density at radius 1 is 1.30 bits per heavy atom. The van der Waals surface area contributed by atoms with Crippen molar-refractivity contribution in [1.82, 2.24) is 4.72 Å². The number of ether oxygens (including phenoxy) is 1. The standard InChI is InChI=1S/C12H16F2N2O3S/c1-2-3-5-19-6-4-16-20(17,18)12-10(13)7-9(15)8-11(12)14/h2,7-8,16H,1,3-6,15H2. The van der Waals surface area contributed by atoms with Gasteiger partial charge in [-0.25, -0.2) is 21.9 Å². The number of benzene rings is 1. The Balaban J connectivity index is 2.68. The number of hydrogen-bond acceptors (Lipinski definition) is 4. The van der Waals surface area contributed by atoms with Gasteiger partial charge in [0.15, 0.2) is 4.90 Å². The highest BCUT2D eigenvalue weighted by Crippen LogP contribution is 2.21. The SMILES string of the molecule is C=CCCOCCNS(=O)(=O)c1c(F)cc(N)cc1F. The summed E-state index contributed by atoms with van der Waals surface area (Å²) in [7, 11) is -4.29. The van der Waals surface area contributed by atoms with Crippen molar-refractivity contribution in [2.24, 2.45) is 0 Å². The van der Waals surface area contributed by atoms with E-state index in [1.165, 1.54) is 0 Å². The van der Waals surface area contributed by atoms with E-state index in [4.69, 9.17) is 10.5 Å². The van der Waals surface area contributed by atoms with E-state index in [0.717, 1.165) is 12.1 Å². The summed E-state index contributed by atoms with van der Waals surface area (Å²) in [6.07, 6.45) is 2.29. The van der Waals surface area contributed by atoms with Gasteiger partial charge in [0.2, 0.25) is 10.0 Å². The summed E-state index contributed by atoms with van der Waals surface area (Å²) in [5.41, 5.74) is 5.03. The number of nitrogen functional groups attached to an aromatic ring is 1. The molecule has 0 saturated carbocycles. The number of rotatable bonds is 8. The molecular weight excluding hydrogens is 290 g/mol. The van der Waals surface area contributed by atoms with Crippen LogP contribution in [0.15, 0.2) is 29.7 Å². The molecule has 0 amide bonds. The summed E-state index contributed by atoms with van der Waals surface area (Å²) in [4.78, 5) is -1.04. The lowest BCUT2D eigenvalue weighted by Crippen LogP contribution is -2.29. The van der Waals surface area contributed by atoms with Crippen molar-refractivity contribution in [2.75, 3.05) is 25.5 Å². The van der Waals surface area contributed by atoms with Gasteiger partial charge in [0.1, 0.15) is 11.6 Å². The van der Waals surface area contributed by atoms with Crippen molar-refractivity contribution in [3.63, 3.8) is 0 Å². The first-order valence-corrected chi connectivity index (χ1v) is 7.29. The van der Waals surface area contributed by atoms with Crippen molar-refractivity contribution in [3.05, 3.63) is 36.4 Å². The van der Waals surface area contributed by atoms with E-state index in [1.54, 1.807) is 6.08 Å². The van der Waals surface area contributed by atoms with Gasteiger partial charge < -0.3 is 10.5 Å². The molecule has 1 aromatic rings. The highest BCUT2D eigenvalue weighted by atomic mass is 32.2. The van der Waals surface area contributed by atoms with Gasteiger partial charge in [-0.2, -0.15) is 0 Å². The van der Waals surface area contributed by atoms with Crippen molar-refractivity contribution in [2.45, 2.75) is 11.3 Å². The molecule has 20 heavy (non-hydrogen) atoms. The van der Waals surface area contributed by atoms with Crippen LogP contribution in [0.25, 0.3) is 0 Å². The van der Waals surface area contributed by atoms with Gasteiger partial charge in [0, 0.05) is 12.2 Å². The maximum absolute atomic E-state index is 13.5. The van der Waals surface area contributed by atoms with E-state index in [0.29, 0.717) is 13.0 Å². The second kappa shape index (κ2) is 7.32. The summed E-state index contributed by atoms with van der Waals surface area (Å²) in [5.74, 6) is -2.47. The van der Waals surface area contributed by atoms with E-state index >= 15 is 0 Å². The lowest BCUT2D eigenvalue weighted by Gasteiger charge is -2.09. The number of anilines is 1. The highest BCUT2D eigenvalue weighted by Gasteiger charge is 2.24. The molecule has 0 bridgehead atoms. The van der Waals surface area contributed by atoms with Crippen LogP contribution in [-0.4, -0.2) is 28.2 Å². The topological polar surface area (TPSA) is 81.4 Å². The van der Waals surface area contributed by atoms with Gasteiger partial charge in [-0.15, -0.1) is 6.58 Å². The minimum absolute atomic E-state index is 0.0886. The Morgan fingerprint density at radius 2 is 1.90 bits per heavy atom. The fourth-order valence-electron chi connectivity index (χ4n) is 1.43. The molecule has 1 rings (SSSR count). The Bertz CT molecular complexity index is 553. The van der Waals surface area contributed by atoms with E-state index < -0.39 is 26.6 Å². The van der Waals surface area contributed by atoms with Crippen LogP contribution in [0.3, 0.4) is 0 Å². The summed E-state index contributed by atoms with van der Waals surface area (Å²) in [5, 5.41) is 0. The van der Waals surface area contributed by atoms with E-state index in [2.05, 4.69) is 11.3 Å². The minimum atomic E-state index is -4.29. The molecule has 112 valence electrons. The average Bonchev–Trinajstić information content (AvgIpc) is 2.31. The number of halogens is 2. The molecule has 0 radical (unpaired) electrons. The summed E-state index contributed by atoms with van der Waals surface area (Å²) < 4.78 is 57.7. The third kappa shape index (κ3) is 4.55. The lowest BCUT2D eigenvalue weighted by atomic mass is 10.3. The molecule has 8 heteroatoms. The van der Waals surface area contributed by atoms with Crippen LogP contribution < -0.4 is 10.5 Å². The van der Waals surface area contributed by atoms with E-state index in [1.807, 2.05) is 0 Å². The number of sulfonamides is 1. The smallest absolute Gasteiger partial charge is 0.246 e. The minimum Gasteiger partial charge on any atom is -0.399 e. The molecule has 0 aliphatic carbocycles. The van der Waals surface area contributed by atoms with E-state index in [9.17, 15) is 17.2 Å². The molecule has 0 atom stereocenters. The zero-order chi connectivity index (χ0) is 15.2. The highest BCUT2D eigenvalue weighted by molar-refractivity contribution is 7.89. The zero-order valence-corrected chi connectivity index (χ0v) is 11.6. The number of hydrogen-bond donors (Lipinski definition) is 2. The van der Waals surface area contributed by atoms with Crippen LogP contribution in [0.1, 0.15) is 6.42 Å². The Morgan fingerprint density at radius 3 is 2.45 bits per heavy atom. The van der Waals surface area contributed by atoms with Gasteiger partial charge in [-0.05, 0) is 18.6 Å². The quantitative estimate of drug-likeness (QED) is 0.432. The first-order valence-electron chi connectivity index (χ1n) is 5.81. The lowest BCUT2D eigenvalue weighted by molar-refractivity contribution is 0.144. The fraction of sp³-hybridized carbons (Fsp3) is 0.333. The Labute approximate surface area is 116 Å². The zero-order valence-electron chi connectivity index (χ0n) is 10.7. The number of nitrogens with two attached hydrogens (primary N) is 1. The normalized spacial score (nSPS) is 11.5. The van der Waals surface area contributed by atoms with Crippen LogP contribution >= 0.6 is 0 Å². The maximum Gasteiger partial charge on any atom is 0.246 e. The molecule has 0 aliphatic rings. The van der Waals surface area contributed by atoms with Crippen LogP contribution in [0, 0.1) is 11.6 Å². The predicted octanol–water partition coefficient (Wildman–Crippen LogP) is 1.42. The van der Waals surface area contributed by atoms with Crippen LogP contribution in [-0.2, 0) is 14.8 Å². The van der Waals surface area contributed by atoms with Crippen LogP contribution in [0.5, 0.6) is 0 Å². The second-order valence-corrected chi connectivity index (χ2v) is 5.60. The third-order valence-electron chi connectivity index (χ3n) is 2.29. The monoisotopic (exact) mass is 306 g/mol. The van der Waals surface area contributed by atoms with Crippen molar-refractivity contribution in [3.8, 4) is 0 Å². The second-order valence-electron chi connectivity index (χ2n) is 3.90. The molecule has 0 aliphatic heterocycles. The Hall–Kier alpha value is -1.51. The van der Waals surface area contributed by atoms with Crippen molar-refractivity contribution in [1.29, 1.82) is 0 Å². The molecular formula is C12H16F2N2O3S. The van der Waals surface area contributed by atoms with Gasteiger partial charge in [-0.1, -0.05) is 6.08 Å². The molecule has 0 fully saturated rings. The molecule has 3 N–H and O–H groups in total. The van der Waals surface area contributed by atoms with Gasteiger partial charge in [0.25, 0.3) is 0 Å². The van der Waals surface area contributed by atoms with Gasteiger partial charge in [-0.3, -0.25) is 0 Å². The molecule has 0 heterocycles. The summed E-state index contributed by atoms with van der Waals surface area (Å²) in [6, 6.07) is 1.50. The maximum atomic E-state index is 13.5. The molecule has 0 unspecified atom stereocenters. The largest absolute Gasteiger partial charge is 0.399 e. The molecule has 5 nitrogen and oxygen atoms in total. The summed E-state index contributed by atoms with van der Waals surface area (Å²) in [6.45, 7) is 3.89. The van der Waals surface area contributed by atoms with Crippen molar-refractivity contribution >= 4 is 15.7 Å². The first kappa shape index (κ1) is 16.5. The van der Waals surface area contributed by atoms with Crippen LogP contribution in [0.2, 0.25) is 0 Å². The van der Waals surface area contributed by atoms with Crippen molar-refractivity contribution < 1.29 is 21.9 Å². The average molecular weight is 306 g/mol. The Kier molecular flexibility index (Phi) is 6.05. The van der Waals surface area contributed by atoms with Gasteiger partial charge >= 0.3 is 0 Å². The van der Waals surface area contributed by atoms with Crippen LogP contribution in [0.4, 0.5) is 14.5 Å². The summed E-state index contributed by atoms with van der Waals surface area (Å²) >= 11 is 0. The molecule has 0 saturated heterocycles. The molecule has 0 aromatic heterocycles. The number of nitrogens with one attached hydrogen (secondary N) is 1. The molecule has 0 spiro atoms. The van der Waals surface area contributed by atoms with E-state index in [-0.39, 0.29) is 18.8 Å². The van der Waals surface area contributed by atoms with Gasteiger partial charge in [0.05, 0.1) is 13.2 Å². The predicted molar refractivity (Wildman–Crippen MR) is 71.6 cm³/mol. The third-order valence-corrected chi connectivity index (χ3v) is 3.81. The fourth-order valence-corrected chi connectivity index (χ4v) is 2.55. The first-order chi connectivity index (χ1) is 9.38. The molecule has 1 aromatic carbocycles.